The first-order valence-electron chi connectivity index (χ1n) is 7.61. The van der Waals surface area contributed by atoms with E-state index in [1.54, 1.807) is 0 Å². The SMILES string of the molecule is CN(C)c1ccc(C(=O)Nc2ccc(C3=NCCN3)cc2)cc1. The van der Waals surface area contributed by atoms with Gasteiger partial charge in [-0.1, -0.05) is 0 Å². The Morgan fingerprint density at radius 1 is 1.09 bits per heavy atom. The average molecular weight is 308 g/mol. The first-order valence-corrected chi connectivity index (χ1v) is 7.61. The van der Waals surface area contributed by atoms with Gasteiger partial charge >= 0.3 is 0 Å². The summed E-state index contributed by atoms with van der Waals surface area (Å²) in [6, 6.07) is 15.2. The molecular formula is C18H20N4O. The van der Waals surface area contributed by atoms with Crippen LogP contribution in [0.25, 0.3) is 0 Å². The van der Waals surface area contributed by atoms with Gasteiger partial charge in [-0.25, -0.2) is 0 Å². The molecule has 2 N–H and O–H groups in total. The Labute approximate surface area is 136 Å². The van der Waals surface area contributed by atoms with Gasteiger partial charge in [0.15, 0.2) is 0 Å². The van der Waals surface area contributed by atoms with Crippen LogP contribution in [0.1, 0.15) is 15.9 Å². The van der Waals surface area contributed by atoms with E-state index in [1.807, 2.05) is 67.5 Å². The molecule has 0 radical (unpaired) electrons. The highest BCUT2D eigenvalue weighted by Crippen LogP contribution is 2.15. The maximum atomic E-state index is 12.3. The molecule has 3 rings (SSSR count). The lowest BCUT2D eigenvalue weighted by Crippen LogP contribution is -2.19. The zero-order valence-corrected chi connectivity index (χ0v) is 13.3. The van der Waals surface area contributed by atoms with Crippen molar-refractivity contribution in [3.63, 3.8) is 0 Å². The van der Waals surface area contributed by atoms with Crippen molar-refractivity contribution < 1.29 is 4.79 Å². The van der Waals surface area contributed by atoms with Gasteiger partial charge in [-0.3, -0.25) is 9.79 Å². The van der Waals surface area contributed by atoms with Gasteiger partial charge in [-0.15, -0.1) is 0 Å². The normalized spacial score (nSPS) is 13.2. The first kappa shape index (κ1) is 15.1. The third kappa shape index (κ3) is 3.51. The van der Waals surface area contributed by atoms with Crippen LogP contribution < -0.4 is 15.5 Å². The summed E-state index contributed by atoms with van der Waals surface area (Å²) in [6.07, 6.45) is 0. The minimum absolute atomic E-state index is 0.112. The summed E-state index contributed by atoms with van der Waals surface area (Å²) in [5.41, 5.74) is 3.52. The molecule has 0 saturated carbocycles. The molecule has 1 aliphatic heterocycles. The maximum Gasteiger partial charge on any atom is 0.255 e. The van der Waals surface area contributed by atoms with Crippen molar-refractivity contribution in [2.75, 3.05) is 37.4 Å². The molecule has 0 spiro atoms. The van der Waals surface area contributed by atoms with Crippen LogP contribution >= 0.6 is 0 Å². The van der Waals surface area contributed by atoms with Crippen molar-refractivity contribution in [1.29, 1.82) is 0 Å². The van der Waals surface area contributed by atoms with Crippen LogP contribution in [0, 0.1) is 0 Å². The number of rotatable bonds is 4. The van der Waals surface area contributed by atoms with Crippen LogP contribution in [0.15, 0.2) is 53.5 Å². The number of carbonyl (C=O) groups excluding carboxylic acids is 1. The fourth-order valence-corrected chi connectivity index (χ4v) is 2.42. The van der Waals surface area contributed by atoms with E-state index < -0.39 is 0 Å². The molecule has 1 heterocycles. The summed E-state index contributed by atoms with van der Waals surface area (Å²) in [4.78, 5) is 18.7. The van der Waals surface area contributed by atoms with Crippen molar-refractivity contribution >= 4 is 23.1 Å². The molecule has 118 valence electrons. The highest BCUT2D eigenvalue weighted by atomic mass is 16.1. The Hall–Kier alpha value is -2.82. The molecule has 0 fully saturated rings. The average Bonchev–Trinajstić information content (AvgIpc) is 3.10. The highest BCUT2D eigenvalue weighted by Gasteiger charge is 2.09. The van der Waals surface area contributed by atoms with Crippen LogP contribution in [0.2, 0.25) is 0 Å². The largest absolute Gasteiger partial charge is 0.378 e. The van der Waals surface area contributed by atoms with E-state index in [1.165, 1.54) is 0 Å². The van der Waals surface area contributed by atoms with E-state index in [0.717, 1.165) is 35.9 Å². The summed E-state index contributed by atoms with van der Waals surface area (Å²) >= 11 is 0. The number of carbonyl (C=O) groups is 1. The van der Waals surface area contributed by atoms with E-state index in [9.17, 15) is 4.79 Å². The van der Waals surface area contributed by atoms with Crippen LogP contribution in [0.4, 0.5) is 11.4 Å². The fourth-order valence-electron chi connectivity index (χ4n) is 2.42. The fraction of sp³-hybridized carbons (Fsp3) is 0.222. The number of amidine groups is 1. The van der Waals surface area contributed by atoms with Gasteiger partial charge in [0.25, 0.3) is 5.91 Å². The molecule has 1 amide bonds. The summed E-state index contributed by atoms with van der Waals surface area (Å²) in [5.74, 6) is 0.807. The van der Waals surface area contributed by atoms with Gasteiger partial charge in [-0.2, -0.15) is 0 Å². The van der Waals surface area contributed by atoms with Crippen LogP contribution in [-0.2, 0) is 0 Å². The third-order valence-corrected chi connectivity index (χ3v) is 3.74. The molecule has 0 saturated heterocycles. The van der Waals surface area contributed by atoms with Crippen molar-refractivity contribution in [2.24, 2.45) is 4.99 Å². The Morgan fingerprint density at radius 2 is 1.78 bits per heavy atom. The van der Waals surface area contributed by atoms with Crippen molar-refractivity contribution in [2.45, 2.75) is 0 Å². The van der Waals surface area contributed by atoms with Crippen LogP contribution in [0.3, 0.4) is 0 Å². The Bertz CT molecular complexity index is 718. The number of hydrogen-bond acceptors (Lipinski definition) is 4. The Balaban J connectivity index is 1.67. The number of hydrogen-bond donors (Lipinski definition) is 2. The molecule has 0 unspecified atom stereocenters. The second-order valence-corrected chi connectivity index (χ2v) is 5.63. The van der Waals surface area contributed by atoms with Crippen molar-refractivity contribution in [1.82, 2.24) is 5.32 Å². The topological polar surface area (TPSA) is 56.7 Å². The summed E-state index contributed by atoms with van der Waals surface area (Å²) in [5, 5.41) is 6.14. The molecular weight excluding hydrogens is 288 g/mol. The molecule has 5 nitrogen and oxygen atoms in total. The smallest absolute Gasteiger partial charge is 0.255 e. The molecule has 2 aromatic carbocycles. The molecule has 0 aromatic heterocycles. The number of anilines is 2. The van der Waals surface area contributed by atoms with Crippen LogP contribution in [0.5, 0.6) is 0 Å². The van der Waals surface area contributed by atoms with Crippen molar-refractivity contribution in [3.8, 4) is 0 Å². The maximum absolute atomic E-state index is 12.3. The Kier molecular flexibility index (Phi) is 4.28. The number of benzene rings is 2. The standard InChI is InChI=1S/C18H20N4O/c1-22(2)16-9-5-14(6-10-16)18(23)21-15-7-3-13(4-8-15)17-19-11-12-20-17/h3-10H,11-12H2,1-2H3,(H,19,20)(H,21,23). The van der Waals surface area contributed by atoms with Gasteiger partial charge in [0.1, 0.15) is 5.84 Å². The van der Waals surface area contributed by atoms with Gasteiger partial charge in [0.2, 0.25) is 0 Å². The number of nitrogens with zero attached hydrogens (tertiary/aromatic N) is 2. The van der Waals surface area contributed by atoms with Gasteiger partial charge < -0.3 is 15.5 Å². The minimum atomic E-state index is -0.112. The predicted molar refractivity (Wildman–Crippen MR) is 94.6 cm³/mol. The zero-order valence-electron chi connectivity index (χ0n) is 13.3. The molecule has 0 aliphatic carbocycles. The van der Waals surface area contributed by atoms with Gasteiger partial charge in [-0.05, 0) is 48.5 Å². The van der Waals surface area contributed by atoms with Gasteiger partial charge in [0, 0.05) is 43.1 Å². The predicted octanol–water partition coefficient (Wildman–Crippen LogP) is 2.35. The van der Waals surface area contributed by atoms with E-state index in [2.05, 4.69) is 15.6 Å². The molecule has 0 bridgehead atoms. The molecule has 23 heavy (non-hydrogen) atoms. The first-order chi connectivity index (χ1) is 11.1. The van der Waals surface area contributed by atoms with E-state index in [0.29, 0.717) is 5.56 Å². The second kappa shape index (κ2) is 6.52. The zero-order chi connectivity index (χ0) is 16.2. The lowest BCUT2D eigenvalue weighted by atomic mass is 10.1. The van der Waals surface area contributed by atoms with Gasteiger partial charge in [0.05, 0.1) is 6.54 Å². The van der Waals surface area contributed by atoms with Crippen molar-refractivity contribution in [3.05, 3.63) is 59.7 Å². The van der Waals surface area contributed by atoms with E-state index in [-0.39, 0.29) is 5.91 Å². The lowest BCUT2D eigenvalue weighted by Gasteiger charge is -2.12. The quantitative estimate of drug-likeness (QED) is 0.911. The van der Waals surface area contributed by atoms with Crippen LogP contribution in [-0.4, -0.2) is 38.9 Å². The molecule has 5 heteroatoms. The summed E-state index contributed by atoms with van der Waals surface area (Å²) < 4.78 is 0. The summed E-state index contributed by atoms with van der Waals surface area (Å²) in [7, 11) is 3.94. The minimum Gasteiger partial charge on any atom is -0.378 e. The monoisotopic (exact) mass is 308 g/mol. The molecule has 2 aromatic rings. The third-order valence-electron chi connectivity index (χ3n) is 3.74. The Morgan fingerprint density at radius 3 is 2.35 bits per heavy atom. The molecule has 0 atom stereocenters. The summed E-state index contributed by atoms with van der Waals surface area (Å²) in [6.45, 7) is 1.70. The number of amides is 1. The van der Waals surface area contributed by atoms with E-state index >= 15 is 0 Å². The highest BCUT2D eigenvalue weighted by molar-refractivity contribution is 6.05. The lowest BCUT2D eigenvalue weighted by molar-refractivity contribution is 0.102. The number of nitrogens with one attached hydrogen (secondary N) is 2. The molecule has 1 aliphatic rings. The van der Waals surface area contributed by atoms with E-state index in [4.69, 9.17) is 0 Å². The number of aliphatic imine (C=N–C) groups is 1. The second-order valence-electron chi connectivity index (χ2n) is 5.63.